The summed E-state index contributed by atoms with van der Waals surface area (Å²) in [7, 11) is 0. The Morgan fingerprint density at radius 1 is 0.714 bits per heavy atom. The minimum absolute atomic E-state index is 0.148. The highest BCUT2D eigenvalue weighted by atomic mass is 16.2. The molecule has 0 aromatic rings. The summed E-state index contributed by atoms with van der Waals surface area (Å²) in [4.78, 5) is 24.9. The number of fused-ring (bicyclic) bond motifs is 2. The first-order valence-corrected chi connectivity index (χ1v) is 14.7. The van der Waals surface area contributed by atoms with Crippen LogP contribution in [0.25, 0.3) is 0 Å². The smallest absolute Gasteiger partial charge is 0.223 e. The third-order valence-electron chi connectivity index (χ3n) is 7.95. The summed E-state index contributed by atoms with van der Waals surface area (Å²) in [5.74, 6) is 3.34. The van der Waals surface area contributed by atoms with Gasteiger partial charge < -0.3 is 27.0 Å². The maximum Gasteiger partial charge on any atom is 0.223 e. The number of carbonyl (C=O) groups is 2. The molecule has 0 spiro atoms. The maximum atomic E-state index is 12.9. The Bertz CT molecular complexity index is 584. The van der Waals surface area contributed by atoms with Gasteiger partial charge >= 0.3 is 0 Å². The van der Waals surface area contributed by atoms with Crippen LogP contribution in [0.5, 0.6) is 0 Å². The van der Waals surface area contributed by atoms with E-state index in [1.807, 2.05) is 0 Å². The molecule has 2 amide bonds. The standard InChI is InChI=1S/C28H55N5O2/c1-22-18-24-20-23(2)27(25(19-22)21-24)28(35)33-16-5-3-4-10-26(34)32-17-9-15-31-13-7-6-12-30-14-8-11-29/h22-25,27,30-31H,3-21,29H2,1-2H3,(H,32,34)(H,33,35). The fourth-order valence-corrected chi connectivity index (χ4v) is 6.32. The first-order chi connectivity index (χ1) is 17.0. The number of unbranched alkanes of at least 4 members (excludes halogenated alkanes) is 3. The van der Waals surface area contributed by atoms with Crippen LogP contribution in [-0.2, 0) is 9.59 Å². The first kappa shape index (κ1) is 30.0. The summed E-state index contributed by atoms with van der Waals surface area (Å²) in [5, 5.41) is 13.1. The molecule has 5 atom stereocenters. The van der Waals surface area contributed by atoms with Crippen molar-refractivity contribution in [1.82, 2.24) is 21.3 Å². The lowest BCUT2D eigenvalue weighted by Gasteiger charge is -2.45. The van der Waals surface area contributed by atoms with E-state index in [0.29, 0.717) is 18.3 Å². The van der Waals surface area contributed by atoms with E-state index < -0.39 is 0 Å². The molecule has 0 saturated heterocycles. The zero-order valence-electron chi connectivity index (χ0n) is 22.7. The van der Waals surface area contributed by atoms with Gasteiger partial charge in [0.25, 0.3) is 0 Å². The van der Waals surface area contributed by atoms with Gasteiger partial charge in [0.15, 0.2) is 0 Å². The van der Waals surface area contributed by atoms with Gasteiger partial charge in [0.2, 0.25) is 11.8 Å². The Morgan fingerprint density at radius 2 is 1.37 bits per heavy atom. The van der Waals surface area contributed by atoms with Crippen molar-refractivity contribution in [2.24, 2.45) is 35.3 Å². The van der Waals surface area contributed by atoms with Crippen LogP contribution in [-0.4, -0.2) is 57.6 Å². The molecule has 2 rings (SSSR count). The fourth-order valence-electron chi connectivity index (χ4n) is 6.32. The molecule has 7 heteroatoms. The molecule has 2 bridgehead atoms. The molecule has 2 aliphatic rings. The van der Waals surface area contributed by atoms with Crippen molar-refractivity contribution in [3.63, 3.8) is 0 Å². The fraction of sp³-hybridized carbons (Fsp3) is 0.929. The lowest BCUT2D eigenvalue weighted by molar-refractivity contribution is -0.132. The van der Waals surface area contributed by atoms with Gasteiger partial charge in [-0.3, -0.25) is 9.59 Å². The highest BCUT2D eigenvalue weighted by molar-refractivity contribution is 5.79. The average Bonchev–Trinajstić information content (AvgIpc) is 2.81. The van der Waals surface area contributed by atoms with Crippen LogP contribution in [0.2, 0.25) is 0 Å². The number of carbonyl (C=O) groups excluding carboxylic acids is 2. The lowest BCUT2D eigenvalue weighted by atomic mass is 9.60. The van der Waals surface area contributed by atoms with Crippen molar-refractivity contribution in [2.75, 3.05) is 45.8 Å². The Morgan fingerprint density at radius 3 is 2.11 bits per heavy atom. The van der Waals surface area contributed by atoms with Crippen molar-refractivity contribution in [3.05, 3.63) is 0 Å². The molecule has 0 aliphatic heterocycles. The van der Waals surface area contributed by atoms with Crippen molar-refractivity contribution >= 4 is 11.8 Å². The number of rotatable bonds is 19. The summed E-state index contributed by atoms with van der Waals surface area (Å²) in [5.41, 5.74) is 5.47. The maximum absolute atomic E-state index is 12.9. The quantitative estimate of drug-likeness (QED) is 0.178. The monoisotopic (exact) mass is 493 g/mol. The second-order valence-corrected chi connectivity index (χ2v) is 11.3. The van der Waals surface area contributed by atoms with Gasteiger partial charge in [0.05, 0.1) is 0 Å². The summed E-state index contributed by atoms with van der Waals surface area (Å²) in [6.45, 7) is 10.9. The van der Waals surface area contributed by atoms with Crippen LogP contribution in [0.15, 0.2) is 0 Å². The SMILES string of the molecule is CC1CC2CC(C)C(C(=O)NCCCCCC(=O)NCCCNCCCCNCCCN)C(C1)C2. The van der Waals surface area contributed by atoms with Crippen molar-refractivity contribution in [3.8, 4) is 0 Å². The molecule has 6 N–H and O–H groups in total. The van der Waals surface area contributed by atoms with Crippen molar-refractivity contribution < 1.29 is 9.59 Å². The van der Waals surface area contributed by atoms with Crippen molar-refractivity contribution in [2.45, 2.75) is 90.9 Å². The van der Waals surface area contributed by atoms with E-state index in [0.717, 1.165) is 89.8 Å². The second-order valence-electron chi connectivity index (χ2n) is 11.3. The molecule has 0 aromatic carbocycles. The zero-order valence-corrected chi connectivity index (χ0v) is 22.7. The summed E-state index contributed by atoms with van der Waals surface area (Å²) in [6, 6.07) is 0. The minimum atomic E-state index is 0.148. The number of amides is 2. The largest absolute Gasteiger partial charge is 0.356 e. The van der Waals surface area contributed by atoms with E-state index in [9.17, 15) is 9.59 Å². The summed E-state index contributed by atoms with van der Waals surface area (Å²) < 4.78 is 0. The van der Waals surface area contributed by atoms with Gasteiger partial charge in [-0.2, -0.15) is 0 Å². The van der Waals surface area contributed by atoms with Crippen LogP contribution < -0.4 is 27.0 Å². The molecule has 2 fully saturated rings. The molecule has 35 heavy (non-hydrogen) atoms. The number of nitrogens with two attached hydrogens (primary N) is 1. The predicted molar refractivity (Wildman–Crippen MR) is 145 cm³/mol. The second kappa shape index (κ2) is 18.1. The van der Waals surface area contributed by atoms with Crippen LogP contribution >= 0.6 is 0 Å². The van der Waals surface area contributed by atoms with Gasteiger partial charge in [-0.15, -0.1) is 0 Å². The molecule has 5 unspecified atom stereocenters. The molecule has 2 saturated carbocycles. The zero-order chi connectivity index (χ0) is 25.3. The Balaban J connectivity index is 1.38. The Hall–Kier alpha value is -1.18. The van der Waals surface area contributed by atoms with Gasteiger partial charge in [-0.05, 0) is 121 Å². The number of hydrogen-bond donors (Lipinski definition) is 5. The average molecular weight is 494 g/mol. The van der Waals surface area contributed by atoms with Crippen LogP contribution in [0.3, 0.4) is 0 Å². The molecule has 0 radical (unpaired) electrons. The van der Waals surface area contributed by atoms with Crippen LogP contribution in [0.1, 0.15) is 90.9 Å². The first-order valence-electron chi connectivity index (χ1n) is 14.7. The molecule has 7 nitrogen and oxygen atoms in total. The van der Waals surface area contributed by atoms with Gasteiger partial charge in [0, 0.05) is 25.4 Å². The van der Waals surface area contributed by atoms with Crippen LogP contribution in [0, 0.1) is 29.6 Å². The third-order valence-corrected chi connectivity index (χ3v) is 7.95. The molecule has 204 valence electrons. The van der Waals surface area contributed by atoms with E-state index in [2.05, 4.69) is 35.1 Å². The highest BCUT2D eigenvalue weighted by Crippen LogP contribution is 2.47. The molecular weight excluding hydrogens is 438 g/mol. The van der Waals surface area contributed by atoms with E-state index >= 15 is 0 Å². The van der Waals surface area contributed by atoms with Gasteiger partial charge in [0.1, 0.15) is 0 Å². The molecular formula is C28H55N5O2. The normalized spacial score (nSPS) is 25.9. The Kier molecular flexibility index (Phi) is 15.6. The van der Waals surface area contributed by atoms with Crippen molar-refractivity contribution in [1.29, 1.82) is 0 Å². The van der Waals surface area contributed by atoms with Gasteiger partial charge in [-0.1, -0.05) is 20.3 Å². The number of hydrogen-bond acceptors (Lipinski definition) is 5. The Labute approximate surface area is 214 Å². The minimum Gasteiger partial charge on any atom is -0.356 e. The van der Waals surface area contributed by atoms with E-state index in [1.54, 1.807) is 0 Å². The van der Waals surface area contributed by atoms with Gasteiger partial charge in [-0.25, -0.2) is 0 Å². The predicted octanol–water partition coefficient (Wildman–Crippen LogP) is 3.19. The topological polar surface area (TPSA) is 108 Å². The summed E-state index contributed by atoms with van der Waals surface area (Å²) in [6.07, 6.45) is 12.8. The van der Waals surface area contributed by atoms with Crippen LogP contribution in [0.4, 0.5) is 0 Å². The molecule has 0 aromatic heterocycles. The highest BCUT2D eigenvalue weighted by Gasteiger charge is 2.43. The third kappa shape index (κ3) is 12.6. The van der Waals surface area contributed by atoms with E-state index in [1.165, 1.54) is 38.5 Å². The molecule has 2 aliphatic carbocycles. The lowest BCUT2D eigenvalue weighted by Crippen LogP contribution is -2.45. The molecule has 0 heterocycles. The summed E-state index contributed by atoms with van der Waals surface area (Å²) >= 11 is 0. The van der Waals surface area contributed by atoms with E-state index in [-0.39, 0.29) is 17.7 Å². The number of nitrogens with one attached hydrogen (secondary N) is 4. The van der Waals surface area contributed by atoms with E-state index in [4.69, 9.17) is 5.73 Å².